The largest absolute Gasteiger partial charge is 0.388 e. The second kappa shape index (κ2) is 8.01. The van der Waals surface area contributed by atoms with Crippen LogP contribution in [0, 0.1) is 11.6 Å². The second-order valence-corrected chi connectivity index (χ2v) is 5.33. The first-order valence-electron chi connectivity index (χ1n) is 7.49. The van der Waals surface area contributed by atoms with Crippen molar-refractivity contribution in [1.29, 1.82) is 0 Å². The minimum atomic E-state index is -0.923. The van der Waals surface area contributed by atoms with Gasteiger partial charge in [0.15, 0.2) is 11.6 Å². The first kappa shape index (κ1) is 16.6. The minimum absolute atomic E-state index is 0.412. The third kappa shape index (κ3) is 4.61. The Morgan fingerprint density at radius 3 is 2.41 bits per heavy atom. The molecule has 0 aliphatic rings. The van der Waals surface area contributed by atoms with Crippen LogP contribution >= 0.6 is 0 Å². The number of aliphatic hydroxyl groups excluding tert-OH is 1. The van der Waals surface area contributed by atoms with E-state index in [-0.39, 0.29) is 0 Å². The van der Waals surface area contributed by atoms with Crippen LogP contribution in [0.2, 0.25) is 0 Å². The Balaban J connectivity index is 1.90. The van der Waals surface area contributed by atoms with E-state index in [1.54, 1.807) is 0 Å². The number of hydrogen-bond donors (Lipinski definition) is 1. The molecule has 1 unspecified atom stereocenters. The topological polar surface area (TPSA) is 23.5 Å². The van der Waals surface area contributed by atoms with Crippen molar-refractivity contribution in [2.24, 2.45) is 0 Å². The number of rotatable bonds is 7. The van der Waals surface area contributed by atoms with Crippen LogP contribution in [0.15, 0.2) is 48.5 Å². The molecular weight excluding hydrogens is 284 g/mol. The van der Waals surface area contributed by atoms with Crippen molar-refractivity contribution in [3.8, 4) is 0 Å². The highest BCUT2D eigenvalue weighted by Crippen LogP contribution is 2.20. The Morgan fingerprint density at radius 1 is 1.05 bits per heavy atom. The van der Waals surface area contributed by atoms with Gasteiger partial charge in [0.05, 0.1) is 6.10 Å². The summed E-state index contributed by atoms with van der Waals surface area (Å²) in [5, 5.41) is 10.1. The van der Waals surface area contributed by atoms with Crippen LogP contribution < -0.4 is 0 Å². The fourth-order valence-electron chi connectivity index (χ4n) is 2.38. The third-order valence-corrected chi connectivity index (χ3v) is 3.74. The van der Waals surface area contributed by atoms with Gasteiger partial charge in [0.1, 0.15) is 0 Å². The molecule has 2 aromatic rings. The molecule has 22 heavy (non-hydrogen) atoms. The van der Waals surface area contributed by atoms with Crippen LogP contribution in [0.5, 0.6) is 0 Å². The Hall–Kier alpha value is -1.78. The third-order valence-electron chi connectivity index (χ3n) is 3.74. The second-order valence-electron chi connectivity index (χ2n) is 5.33. The van der Waals surface area contributed by atoms with E-state index in [2.05, 4.69) is 24.0 Å². The first-order valence-corrected chi connectivity index (χ1v) is 7.49. The summed E-state index contributed by atoms with van der Waals surface area (Å²) >= 11 is 0. The Kier molecular flexibility index (Phi) is 6.04. The lowest BCUT2D eigenvalue weighted by atomic mass is 10.1. The van der Waals surface area contributed by atoms with E-state index in [4.69, 9.17) is 0 Å². The molecular formula is C18H21F2NO. The van der Waals surface area contributed by atoms with Crippen molar-refractivity contribution in [3.63, 3.8) is 0 Å². The molecule has 2 rings (SSSR count). The highest BCUT2D eigenvalue weighted by Gasteiger charge is 2.13. The Morgan fingerprint density at radius 2 is 1.77 bits per heavy atom. The van der Waals surface area contributed by atoms with E-state index in [1.165, 1.54) is 11.6 Å². The summed E-state index contributed by atoms with van der Waals surface area (Å²) in [5.41, 5.74) is 1.63. The maximum absolute atomic E-state index is 13.2. The zero-order valence-electron chi connectivity index (χ0n) is 12.7. The van der Waals surface area contributed by atoms with Crippen molar-refractivity contribution in [2.75, 3.05) is 13.1 Å². The molecule has 0 saturated carbocycles. The van der Waals surface area contributed by atoms with E-state index >= 15 is 0 Å². The maximum atomic E-state index is 13.2. The van der Waals surface area contributed by atoms with Crippen LogP contribution in [0.4, 0.5) is 8.78 Å². The lowest BCUT2D eigenvalue weighted by Crippen LogP contribution is -2.25. The molecule has 1 atom stereocenters. The van der Waals surface area contributed by atoms with Gasteiger partial charge in [-0.2, -0.15) is 0 Å². The monoisotopic (exact) mass is 305 g/mol. The summed E-state index contributed by atoms with van der Waals surface area (Å²) in [5.74, 6) is -1.82. The summed E-state index contributed by atoms with van der Waals surface area (Å²) in [4.78, 5) is 2.21. The van der Waals surface area contributed by atoms with Gasteiger partial charge >= 0.3 is 0 Å². The number of halogens is 2. The predicted molar refractivity (Wildman–Crippen MR) is 83.3 cm³/mol. The summed E-state index contributed by atoms with van der Waals surface area (Å²) in [6.07, 6.45) is -0.314. The number of benzene rings is 2. The molecule has 0 radical (unpaired) electrons. The van der Waals surface area contributed by atoms with E-state index in [0.717, 1.165) is 25.2 Å². The molecule has 2 aromatic carbocycles. The van der Waals surface area contributed by atoms with Crippen LogP contribution in [0.25, 0.3) is 0 Å². The smallest absolute Gasteiger partial charge is 0.159 e. The van der Waals surface area contributed by atoms with Crippen molar-refractivity contribution < 1.29 is 13.9 Å². The summed E-state index contributed by atoms with van der Waals surface area (Å²) in [6, 6.07) is 13.6. The molecule has 0 aliphatic carbocycles. The molecule has 0 amide bonds. The van der Waals surface area contributed by atoms with Crippen molar-refractivity contribution in [1.82, 2.24) is 4.90 Å². The van der Waals surface area contributed by atoms with E-state index in [9.17, 15) is 13.9 Å². The van der Waals surface area contributed by atoms with Crippen molar-refractivity contribution in [3.05, 3.63) is 71.3 Å². The highest BCUT2D eigenvalue weighted by molar-refractivity contribution is 5.20. The van der Waals surface area contributed by atoms with Gasteiger partial charge < -0.3 is 5.11 Å². The van der Waals surface area contributed by atoms with Gasteiger partial charge in [0.25, 0.3) is 0 Å². The van der Waals surface area contributed by atoms with Gasteiger partial charge in [0, 0.05) is 13.1 Å². The van der Waals surface area contributed by atoms with Gasteiger partial charge in [-0.1, -0.05) is 43.3 Å². The molecule has 1 N–H and O–H groups in total. The molecule has 0 heterocycles. The summed E-state index contributed by atoms with van der Waals surface area (Å²) in [6.45, 7) is 4.42. The average Bonchev–Trinajstić information content (AvgIpc) is 2.54. The highest BCUT2D eigenvalue weighted by atomic mass is 19.2. The first-order chi connectivity index (χ1) is 10.6. The van der Waals surface area contributed by atoms with Gasteiger partial charge in [-0.25, -0.2) is 8.78 Å². The molecule has 118 valence electrons. The lowest BCUT2D eigenvalue weighted by molar-refractivity contribution is 0.141. The number of hydrogen-bond acceptors (Lipinski definition) is 2. The van der Waals surface area contributed by atoms with Crippen molar-refractivity contribution in [2.45, 2.75) is 26.0 Å². The number of aliphatic hydroxyl groups is 1. The van der Waals surface area contributed by atoms with Crippen LogP contribution in [0.1, 0.15) is 30.6 Å². The molecule has 0 fully saturated rings. The predicted octanol–water partition coefficient (Wildman–Crippen LogP) is 3.91. The minimum Gasteiger partial charge on any atom is -0.388 e. The zero-order chi connectivity index (χ0) is 15.9. The molecule has 0 spiro atoms. The Bertz CT molecular complexity index is 589. The molecule has 4 heteroatoms. The maximum Gasteiger partial charge on any atom is 0.159 e. The van der Waals surface area contributed by atoms with Gasteiger partial charge in [-0.3, -0.25) is 4.90 Å². The average molecular weight is 305 g/mol. The molecule has 0 bridgehead atoms. The van der Waals surface area contributed by atoms with Crippen molar-refractivity contribution >= 4 is 0 Å². The van der Waals surface area contributed by atoms with Gasteiger partial charge in [-0.15, -0.1) is 0 Å². The van der Waals surface area contributed by atoms with E-state index < -0.39 is 17.7 Å². The number of nitrogens with zero attached hydrogens (tertiary/aromatic N) is 1. The molecule has 0 saturated heterocycles. The molecule has 0 aliphatic heterocycles. The zero-order valence-corrected chi connectivity index (χ0v) is 12.7. The summed E-state index contributed by atoms with van der Waals surface area (Å²) < 4.78 is 26.1. The molecule has 0 aromatic heterocycles. The summed E-state index contributed by atoms with van der Waals surface area (Å²) in [7, 11) is 0. The normalized spacial score (nSPS) is 12.6. The van der Waals surface area contributed by atoms with Gasteiger partial charge in [-0.05, 0) is 36.2 Å². The fraction of sp³-hybridized carbons (Fsp3) is 0.333. The van der Waals surface area contributed by atoms with Gasteiger partial charge in [0.2, 0.25) is 0 Å². The quantitative estimate of drug-likeness (QED) is 0.838. The molecule has 2 nitrogen and oxygen atoms in total. The Labute approximate surface area is 130 Å². The van der Waals surface area contributed by atoms with Crippen LogP contribution in [0.3, 0.4) is 0 Å². The van der Waals surface area contributed by atoms with Crippen LogP contribution in [-0.2, 0) is 6.54 Å². The SMILES string of the molecule is CCN(CCC(O)c1ccc(F)c(F)c1)Cc1ccccc1. The standard InChI is InChI=1S/C18H21F2NO/c1-2-21(13-14-6-4-3-5-7-14)11-10-18(22)15-8-9-16(19)17(20)12-15/h3-9,12,18,22H,2,10-11,13H2,1H3. The van der Waals surface area contributed by atoms with Crippen LogP contribution in [-0.4, -0.2) is 23.1 Å². The lowest BCUT2D eigenvalue weighted by Gasteiger charge is -2.22. The fourth-order valence-corrected chi connectivity index (χ4v) is 2.38. The van der Waals surface area contributed by atoms with E-state index in [0.29, 0.717) is 18.5 Å². The van der Waals surface area contributed by atoms with E-state index in [1.807, 2.05) is 18.2 Å².